The summed E-state index contributed by atoms with van der Waals surface area (Å²) in [4.78, 5) is 0. The number of rotatable bonds is 0. The van der Waals surface area contributed by atoms with Gasteiger partial charge in [0.15, 0.2) is 0 Å². The first-order chi connectivity index (χ1) is 6.17. The molecule has 0 saturated heterocycles. The van der Waals surface area contributed by atoms with Crippen molar-refractivity contribution in [1.82, 2.24) is 0 Å². The SMILES string of the molecule is CP1(=O)C=Cc2ccccc2CO1. The van der Waals surface area contributed by atoms with Crippen LogP contribution in [0.25, 0.3) is 6.08 Å². The van der Waals surface area contributed by atoms with Gasteiger partial charge in [0.1, 0.15) is 0 Å². The summed E-state index contributed by atoms with van der Waals surface area (Å²) in [7, 11) is -2.49. The van der Waals surface area contributed by atoms with Gasteiger partial charge < -0.3 is 4.52 Å². The van der Waals surface area contributed by atoms with Crippen LogP contribution in [0.15, 0.2) is 30.1 Å². The molecule has 1 unspecified atom stereocenters. The molecule has 0 fully saturated rings. The molecule has 0 saturated carbocycles. The molecule has 0 radical (unpaired) electrons. The van der Waals surface area contributed by atoms with Crippen LogP contribution in [0, 0.1) is 0 Å². The molecule has 1 heterocycles. The van der Waals surface area contributed by atoms with E-state index in [0.717, 1.165) is 11.1 Å². The second-order valence-corrected chi connectivity index (χ2v) is 5.57. The largest absolute Gasteiger partial charge is 0.321 e. The van der Waals surface area contributed by atoms with Gasteiger partial charge in [-0.25, -0.2) is 0 Å². The number of benzene rings is 1. The van der Waals surface area contributed by atoms with Crippen LogP contribution < -0.4 is 0 Å². The highest BCUT2D eigenvalue weighted by molar-refractivity contribution is 7.61. The van der Waals surface area contributed by atoms with E-state index < -0.39 is 7.37 Å². The number of hydrogen-bond acceptors (Lipinski definition) is 2. The van der Waals surface area contributed by atoms with E-state index in [4.69, 9.17) is 4.52 Å². The summed E-state index contributed by atoms with van der Waals surface area (Å²) >= 11 is 0. The summed E-state index contributed by atoms with van der Waals surface area (Å²) < 4.78 is 16.9. The maximum Gasteiger partial charge on any atom is 0.222 e. The maximum absolute atomic E-state index is 11.6. The molecule has 0 aromatic heterocycles. The zero-order valence-electron chi connectivity index (χ0n) is 7.43. The van der Waals surface area contributed by atoms with Crippen LogP contribution in [0.3, 0.4) is 0 Å². The van der Waals surface area contributed by atoms with Crippen molar-refractivity contribution >= 4 is 13.4 Å². The molecule has 0 N–H and O–H groups in total. The molecule has 2 nitrogen and oxygen atoms in total. The van der Waals surface area contributed by atoms with Crippen LogP contribution in [0.4, 0.5) is 0 Å². The van der Waals surface area contributed by atoms with Gasteiger partial charge in [-0.05, 0) is 17.2 Å². The maximum atomic E-state index is 11.6. The highest BCUT2D eigenvalue weighted by Gasteiger charge is 2.15. The zero-order chi connectivity index (χ0) is 9.31. The first kappa shape index (κ1) is 8.74. The van der Waals surface area contributed by atoms with Gasteiger partial charge in [-0.1, -0.05) is 24.3 Å². The normalized spacial score (nSPS) is 26.5. The van der Waals surface area contributed by atoms with Crippen molar-refractivity contribution in [2.75, 3.05) is 6.66 Å². The van der Waals surface area contributed by atoms with Crippen LogP contribution in [-0.2, 0) is 15.7 Å². The van der Waals surface area contributed by atoms with Crippen molar-refractivity contribution < 1.29 is 9.09 Å². The van der Waals surface area contributed by atoms with E-state index in [9.17, 15) is 4.57 Å². The van der Waals surface area contributed by atoms with E-state index in [2.05, 4.69) is 0 Å². The molecule has 0 aliphatic carbocycles. The fourth-order valence-corrected chi connectivity index (χ4v) is 2.20. The highest BCUT2D eigenvalue weighted by Crippen LogP contribution is 2.47. The van der Waals surface area contributed by atoms with Gasteiger partial charge in [0.05, 0.1) is 6.61 Å². The Labute approximate surface area is 77.7 Å². The van der Waals surface area contributed by atoms with Gasteiger partial charge in [-0.15, -0.1) is 0 Å². The molecule has 0 bridgehead atoms. The van der Waals surface area contributed by atoms with Crippen molar-refractivity contribution in [1.29, 1.82) is 0 Å². The van der Waals surface area contributed by atoms with Crippen molar-refractivity contribution in [3.8, 4) is 0 Å². The third-order valence-corrected chi connectivity index (χ3v) is 3.39. The van der Waals surface area contributed by atoms with E-state index in [1.165, 1.54) is 0 Å². The summed E-state index contributed by atoms with van der Waals surface area (Å²) in [6.07, 6.45) is 1.88. The molecule has 0 spiro atoms. The quantitative estimate of drug-likeness (QED) is 0.593. The molecule has 1 aliphatic rings. The molecular formula is C10H11O2P. The van der Waals surface area contributed by atoms with Gasteiger partial charge in [0.25, 0.3) is 0 Å². The van der Waals surface area contributed by atoms with Gasteiger partial charge in [-0.2, -0.15) is 0 Å². The van der Waals surface area contributed by atoms with Crippen LogP contribution >= 0.6 is 7.37 Å². The summed E-state index contributed by atoms with van der Waals surface area (Å²) in [5, 5.41) is 0. The average Bonchev–Trinajstić information content (AvgIpc) is 2.27. The summed E-state index contributed by atoms with van der Waals surface area (Å²) in [5.41, 5.74) is 2.19. The Morgan fingerprint density at radius 2 is 2.15 bits per heavy atom. The lowest BCUT2D eigenvalue weighted by Gasteiger charge is -2.06. The first-order valence-corrected chi connectivity index (χ1v) is 6.30. The summed E-state index contributed by atoms with van der Waals surface area (Å²) in [6.45, 7) is 2.08. The van der Waals surface area contributed by atoms with E-state index >= 15 is 0 Å². The van der Waals surface area contributed by atoms with E-state index in [1.807, 2.05) is 30.3 Å². The van der Waals surface area contributed by atoms with Crippen molar-refractivity contribution in [2.45, 2.75) is 6.61 Å². The second kappa shape index (κ2) is 3.13. The number of fused-ring (bicyclic) bond motifs is 1. The Balaban J connectivity index is 2.45. The minimum Gasteiger partial charge on any atom is -0.321 e. The van der Waals surface area contributed by atoms with Crippen molar-refractivity contribution in [3.63, 3.8) is 0 Å². The van der Waals surface area contributed by atoms with E-state index in [-0.39, 0.29) is 0 Å². The second-order valence-electron chi connectivity index (χ2n) is 3.20. The fourth-order valence-electron chi connectivity index (χ4n) is 1.28. The molecule has 1 aliphatic heterocycles. The van der Waals surface area contributed by atoms with E-state index in [1.54, 1.807) is 12.5 Å². The lowest BCUT2D eigenvalue weighted by atomic mass is 10.1. The first-order valence-electron chi connectivity index (χ1n) is 4.16. The van der Waals surface area contributed by atoms with Gasteiger partial charge in [0.2, 0.25) is 7.37 Å². The molecular weight excluding hydrogens is 183 g/mol. The molecule has 1 atom stereocenters. The third-order valence-electron chi connectivity index (χ3n) is 2.06. The molecule has 1 aromatic rings. The van der Waals surface area contributed by atoms with E-state index in [0.29, 0.717) is 6.61 Å². The van der Waals surface area contributed by atoms with Gasteiger partial charge >= 0.3 is 0 Å². The Bertz CT molecular complexity index is 396. The number of hydrogen-bond donors (Lipinski definition) is 0. The molecule has 0 amide bonds. The zero-order valence-corrected chi connectivity index (χ0v) is 8.33. The minimum absolute atomic E-state index is 0.441. The monoisotopic (exact) mass is 194 g/mol. The topological polar surface area (TPSA) is 26.3 Å². The molecule has 2 rings (SSSR count). The smallest absolute Gasteiger partial charge is 0.222 e. The lowest BCUT2D eigenvalue weighted by molar-refractivity contribution is 0.313. The predicted octanol–water partition coefficient (Wildman–Crippen LogP) is 3.10. The van der Waals surface area contributed by atoms with Crippen molar-refractivity contribution in [3.05, 3.63) is 41.2 Å². The van der Waals surface area contributed by atoms with Crippen LogP contribution in [0.1, 0.15) is 11.1 Å². The highest BCUT2D eigenvalue weighted by atomic mass is 31.2. The standard InChI is InChI=1S/C10H11O2P/c1-13(11)7-6-9-4-2-3-5-10(9)8-12-13/h2-7H,8H2,1H3. The molecule has 68 valence electrons. The summed E-state index contributed by atoms with van der Waals surface area (Å²) in [5.74, 6) is 1.67. The van der Waals surface area contributed by atoms with Crippen LogP contribution in [0.2, 0.25) is 0 Å². The van der Waals surface area contributed by atoms with Crippen LogP contribution in [0.5, 0.6) is 0 Å². The van der Waals surface area contributed by atoms with Crippen LogP contribution in [-0.4, -0.2) is 6.66 Å². The summed E-state index contributed by atoms with van der Waals surface area (Å²) in [6, 6.07) is 7.92. The predicted molar refractivity (Wildman–Crippen MR) is 53.8 cm³/mol. The Kier molecular flexibility index (Phi) is 2.10. The molecule has 13 heavy (non-hydrogen) atoms. The Morgan fingerprint density at radius 1 is 1.38 bits per heavy atom. The minimum atomic E-state index is -2.49. The Hall–Kier alpha value is -0.850. The molecule has 1 aromatic carbocycles. The Morgan fingerprint density at radius 3 is 3.00 bits per heavy atom. The van der Waals surface area contributed by atoms with Gasteiger partial charge in [-0.3, -0.25) is 4.57 Å². The lowest BCUT2D eigenvalue weighted by Crippen LogP contribution is -1.88. The third kappa shape index (κ3) is 1.90. The van der Waals surface area contributed by atoms with Crippen molar-refractivity contribution in [2.24, 2.45) is 0 Å². The molecule has 3 heteroatoms. The fraction of sp³-hybridized carbons (Fsp3) is 0.200. The average molecular weight is 194 g/mol. The van der Waals surface area contributed by atoms with Gasteiger partial charge in [0, 0.05) is 12.5 Å².